The minimum absolute atomic E-state index is 0.358. The molecule has 0 bridgehead atoms. The Morgan fingerprint density at radius 2 is 2.00 bits per heavy atom. The smallest absolute Gasteiger partial charge is 0.266 e. The Labute approximate surface area is 124 Å². The van der Waals surface area contributed by atoms with Gasteiger partial charge in [-0.2, -0.15) is 0 Å². The lowest BCUT2D eigenvalue weighted by molar-refractivity contribution is 0.0953. The molecule has 0 aliphatic rings. The minimum Gasteiger partial charge on any atom is -0.494 e. The summed E-state index contributed by atoms with van der Waals surface area (Å²) in [4.78, 5) is 15.6. The highest BCUT2D eigenvalue weighted by Crippen LogP contribution is 2.22. The number of aromatic nitrogens is 1. The molecule has 0 unspecified atom stereocenters. The summed E-state index contributed by atoms with van der Waals surface area (Å²) < 4.78 is 5.62. The van der Waals surface area contributed by atoms with Crippen molar-refractivity contribution in [2.45, 2.75) is 19.8 Å². The molecule has 0 aliphatic carbocycles. The first-order valence-electron chi connectivity index (χ1n) is 6.94. The van der Waals surface area contributed by atoms with Crippen molar-refractivity contribution in [3.63, 3.8) is 0 Å². The van der Waals surface area contributed by atoms with E-state index in [1.54, 1.807) is 12.3 Å². The number of nitrogens with zero attached hydrogens (tertiary/aromatic N) is 1. The molecule has 5 heteroatoms. The van der Waals surface area contributed by atoms with Gasteiger partial charge in [-0.1, -0.05) is 25.5 Å². The van der Waals surface area contributed by atoms with Crippen molar-refractivity contribution in [3.8, 4) is 16.9 Å². The number of carbonyl (C=O) groups is 1. The SMILES string of the molecule is CCCCOc1ccc(-c2cncc(C(=O)NN)c2)cc1. The van der Waals surface area contributed by atoms with E-state index in [0.717, 1.165) is 36.3 Å². The summed E-state index contributed by atoms with van der Waals surface area (Å²) in [5.41, 5.74) is 4.35. The van der Waals surface area contributed by atoms with E-state index in [4.69, 9.17) is 10.6 Å². The molecule has 21 heavy (non-hydrogen) atoms. The van der Waals surface area contributed by atoms with Gasteiger partial charge in [0.05, 0.1) is 12.2 Å². The molecular weight excluding hydrogens is 266 g/mol. The number of hydrogen-bond donors (Lipinski definition) is 2. The van der Waals surface area contributed by atoms with E-state index in [2.05, 4.69) is 17.3 Å². The van der Waals surface area contributed by atoms with Crippen LogP contribution in [0.3, 0.4) is 0 Å². The lowest BCUT2D eigenvalue weighted by atomic mass is 10.1. The first-order valence-corrected chi connectivity index (χ1v) is 6.94. The topological polar surface area (TPSA) is 77.2 Å². The Kier molecular flexibility index (Phi) is 5.29. The van der Waals surface area contributed by atoms with Crippen LogP contribution in [-0.4, -0.2) is 17.5 Å². The maximum atomic E-state index is 11.5. The fourth-order valence-electron chi connectivity index (χ4n) is 1.88. The number of nitrogen functional groups attached to an aromatic ring is 1. The summed E-state index contributed by atoms with van der Waals surface area (Å²) in [6.07, 6.45) is 5.34. The first kappa shape index (κ1) is 15.0. The fraction of sp³-hybridized carbons (Fsp3) is 0.250. The summed E-state index contributed by atoms with van der Waals surface area (Å²) >= 11 is 0. The van der Waals surface area contributed by atoms with E-state index in [-0.39, 0.29) is 5.91 Å². The molecule has 0 saturated carbocycles. The van der Waals surface area contributed by atoms with Gasteiger partial charge in [-0.3, -0.25) is 15.2 Å². The zero-order valence-corrected chi connectivity index (χ0v) is 12.0. The van der Waals surface area contributed by atoms with Crippen LogP contribution in [0.1, 0.15) is 30.1 Å². The number of pyridine rings is 1. The summed E-state index contributed by atoms with van der Waals surface area (Å²) in [5.74, 6) is 5.61. The van der Waals surface area contributed by atoms with Crippen molar-refractivity contribution in [3.05, 3.63) is 48.3 Å². The van der Waals surface area contributed by atoms with Crippen molar-refractivity contribution in [2.24, 2.45) is 5.84 Å². The normalized spacial score (nSPS) is 10.2. The van der Waals surface area contributed by atoms with Gasteiger partial charge < -0.3 is 4.74 Å². The van der Waals surface area contributed by atoms with Crippen LogP contribution in [-0.2, 0) is 0 Å². The van der Waals surface area contributed by atoms with Crippen LogP contribution in [0.15, 0.2) is 42.7 Å². The molecule has 2 rings (SSSR count). The van der Waals surface area contributed by atoms with E-state index < -0.39 is 0 Å². The third-order valence-corrected chi connectivity index (χ3v) is 3.09. The molecule has 0 aliphatic heterocycles. The molecule has 110 valence electrons. The largest absolute Gasteiger partial charge is 0.494 e. The van der Waals surface area contributed by atoms with Crippen molar-refractivity contribution >= 4 is 5.91 Å². The number of amides is 1. The van der Waals surface area contributed by atoms with E-state index >= 15 is 0 Å². The molecular formula is C16H19N3O2. The quantitative estimate of drug-likeness (QED) is 0.370. The molecule has 2 aromatic rings. The standard InChI is InChI=1S/C16H19N3O2/c1-2-3-8-21-15-6-4-12(5-7-15)13-9-14(11-18-10-13)16(20)19-17/h4-7,9-11H,2-3,8,17H2,1H3,(H,19,20). The molecule has 1 heterocycles. The van der Waals surface area contributed by atoms with Crippen LogP contribution >= 0.6 is 0 Å². The third-order valence-electron chi connectivity index (χ3n) is 3.09. The number of unbranched alkanes of at least 4 members (excludes halogenated alkanes) is 1. The van der Waals surface area contributed by atoms with E-state index in [9.17, 15) is 4.79 Å². The van der Waals surface area contributed by atoms with Crippen molar-refractivity contribution in [1.82, 2.24) is 10.4 Å². The average Bonchev–Trinajstić information content (AvgIpc) is 2.55. The highest BCUT2D eigenvalue weighted by atomic mass is 16.5. The Morgan fingerprint density at radius 3 is 2.67 bits per heavy atom. The summed E-state index contributed by atoms with van der Waals surface area (Å²) in [6.45, 7) is 2.85. The van der Waals surface area contributed by atoms with E-state index in [1.165, 1.54) is 6.20 Å². The monoisotopic (exact) mass is 285 g/mol. The number of hydrazine groups is 1. The van der Waals surface area contributed by atoms with Crippen LogP contribution in [0, 0.1) is 0 Å². The number of carbonyl (C=O) groups excluding carboxylic acids is 1. The molecule has 0 atom stereocenters. The van der Waals surface area contributed by atoms with Crippen LogP contribution in [0.2, 0.25) is 0 Å². The minimum atomic E-state index is -0.358. The molecule has 1 aromatic carbocycles. The number of nitrogens with two attached hydrogens (primary N) is 1. The van der Waals surface area contributed by atoms with Gasteiger partial charge in [0, 0.05) is 18.0 Å². The van der Waals surface area contributed by atoms with Gasteiger partial charge in [-0.05, 0) is 30.2 Å². The zero-order valence-electron chi connectivity index (χ0n) is 12.0. The molecule has 3 N–H and O–H groups in total. The Bertz CT molecular complexity index is 597. The maximum absolute atomic E-state index is 11.5. The Hall–Kier alpha value is -2.40. The lowest BCUT2D eigenvalue weighted by Crippen LogP contribution is -2.30. The van der Waals surface area contributed by atoms with Gasteiger partial charge >= 0.3 is 0 Å². The number of ether oxygens (including phenoxy) is 1. The third kappa shape index (κ3) is 4.03. The Balaban J connectivity index is 2.13. The predicted octanol–water partition coefficient (Wildman–Crippen LogP) is 2.53. The maximum Gasteiger partial charge on any atom is 0.266 e. The second-order valence-electron chi connectivity index (χ2n) is 4.66. The molecule has 0 radical (unpaired) electrons. The molecule has 0 fully saturated rings. The molecule has 1 amide bonds. The molecule has 0 saturated heterocycles. The van der Waals surface area contributed by atoms with Gasteiger partial charge in [0.15, 0.2) is 0 Å². The second-order valence-corrected chi connectivity index (χ2v) is 4.66. The van der Waals surface area contributed by atoms with Crippen LogP contribution in [0.25, 0.3) is 11.1 Å². The zero-order chi connectivity index (χ0) is 15.1. The average molecular weight is 285 g/mol. The number of nitrogens with one attached hydrogen (secondary N) is 1. The highest BCUT2D eigenvalue weighted by molar-refractivity contribution is 5.94. The van der Waals surface area contributed by atoms with Crippen LogP contribution < -0.4 is 16.0 Å². The summed E-state index contributed by atoms with van der Waals surface area (Å²) in [6, 6.07) is 9.48. The van der Waals surface area contributed by atoms with Crippen LogP contribution in [0.5, 0.6) is 5.75 Å². The van der Waals surface area contributed by atoms with Crippen LogP contribution in [0.4, 0.5) is 0 Å². The number of hydrogen-bond acceptors (Lipinski definition) is 4. The van der Waals surface area contributed by atoms with Gasteiger partial charge in [0.25, 0.3) is 5.91 Å². The van der Waals surface area contributed by atoms with Gasteiger partial charge in [-0.25, -0.2) is 5.84 Å². The van der Waals surface area contributed by atoms with Gasteiger partial charge in [0.2, 0.25) is 0 Å². The van der Waals surface area contributed by atoms with Gasteiger partial charge in [0.1, 0.15) is 5.75 Å². The predicted molar refractivity (Wildman–Crippen MR) is 81.7 cm³/mol. The van der Waals surface area contributed by atoms with Crippen molar-refractivity contribution in [1.29, 1.82) is 0 Å². The van der Waals surface area contributed by atoms with E-state index in [0.29, 0.717) is 5.56 Å². The molecule has 0 spiro atoms. The second kappa shape index (κ2) is 7.40. The number of benzene rings is 1. The first-order chi connectivity index (χ1) is 10.2. The number of rotatable bonds is 6. The molecule has 5 nitrogen and oxygen atoms in total. The van der Waals surface area contributed by atoms with Gasteiger partial charge in [-0.15, -0.1) is 0 Å². The van der Waals surface area contributed by atoms with Crippen molar-refractivity contribution < 1.29 is 9.53 Å². The fourth-order valence-corrected chi connectivity index (χ4v) is 1.88. The Morgan fingerprint density at radius 1 is 1.24 bits per heavy atom. The molecule has 1 aromatic heterocycles. The summed E-state index contributed by atoms with van der Waals surface area (Å²) in [7, 11) is 0. The lowest BCUT2D eigenvalue weighted by Gasteiger charge is -2.07. The van der Waals surface area contributed by atoms with E-state index in [1.807, 2.05) is 24.3 Å². The van der Waals surface area contributed by atoms with Crippen molar-refractivity contribution in [2.75, 3.05) is 6.61 Å². The highest BCUT2D eigenvalue weighted by Gasteiger charge is 2.06. The summed E-state index contributed by atoms with van der Waals surface area (Å²) in [5, 5.41) is 0.